The number of benzene rings is 2. The third kappa shape index (κ3) is 6.48. The van der Waals surface area contributed by atoms with Gasteiger partial charge in [-0.15, -0.1) is 0 Å². The standard InChI is InChI=1S/C29H38ClN5O3S/c1-18(2)35-13-11-21(12-14-35)22-16-26(38-6)25(15-20(22)5)33-29-31-17-23(30)28(34-29)32-24-9-7-8-10-27(24)39(36,37)19(3)4/h7-10,15-19,21H,11-14H2,1-6H3,(H2,31,32,33,34). The fraction of sp³-hybridized carbons (Fsp3) is 0.448. The first-order valence-electron chi connectivity index (χ1n) is 13.3. The van der Waals surface area contributed by atoms with Gasteiger partial charge in [0.2, 0.25) is 5.95 Å². The lowest BCUT2D eigenvalue weighted by atomic mass is 9.86. The van der Waals surface area contributed by atoms with Crippen LogP contribution in [0.5, 0.6) is 5.75 Å². The van der Waals surface area contributed by atoms with Crippen LogP contribution < -0.4 is 15.4 Å². The molecule has 1 aliphatic rings. The van der Waals surface area contributed by atoms with Crippen LogP contribution in [0.25, 0.3) is 0 Å². The minimum atomic E-state index is -3.52. The summed E-state index contributed by atoms with van der Waals surface area (Å²) in [5.41, 5.74) is 3.64. The van der Waals surface area contributed by atoms with Gasteiger partial charge in [0.05, 0.1) is 34.8 Å². The summed E-state index contributed by atoms with van der Waals surface area (Å²) in [6.45, 7) is 12.1. The highest BCUT2D eigenvalue weighted by molar-refractivity contribution is 7.92. The minimum absolute atomic E-state index is 0.191. The van der Waals surface area contributed by atoms with Crippen molar-refractivity contribution >= 4 is 44.6 Å². The van der Waals surface area contributed by atoms with Crippen molar-refractivity contribution in [1.29, 1.82) is 0 Å². The average Bonchev–Trinajstić information content (AvgIpc) is 2.91. The largest absolute Gasteiger partial charge is 0.495 e. The zero-order valence-corrected chi connectivity index (χ0v) is 25.0. The summed E-state index contributed by atoms with van der Waals surface area (Å²) >= 11 is 6.41. The Morgan fingerprint density at radius 2 is 1.74 bits per heavy atom. The van der Waals surface area contributed by atoms with Crippen LogP contribution in [-0.4, -0.2) is 54.8 Å². The van der Waals surface area contributed by atoms with Crippen LogP contribution in [0.4, 0.5) is 23.1 Å². The van der Waals surface area contributed by atoms with Crippen molar-refractivity contribution in [2.75, 3.05) is 30.8 Å². The molecule has 0 unspecified atom stereocenters. The van der Waals surface area contributed by atoms with E-state index in [1.165, 1.54) is 17.3 Å². The summed E-state index contributed by atoms with van der Waals surface area (Å²) in [6, 6.07) is 11.5. The normalized spacial score (nSPS) is 15.1. The van der Waals surface area contributed by atoms with E-state index < -0.39 is 15.1 Å². The number of piperidine rings is 1. The molecule has 0 bridgehead atoms. The predicted molar refractivity (Wildman–Crippen MR) is 159 cm³/mol. The molecule has 0 amide bonds. The highest BCUT2D eigenvalue weighted by Crippen LogP contribution is 2.38. The van der Waals surface area contributed by atoms with Gasteiger partial charge in [0.25, 0.3) is 0 Å². The Bertz CT molecular complexity index is 1420. The molecule has 0 atom stereocenters. The second-order valence-electron chi connectivity index (χ2n) is 10.5. The maximum Gasteiger partial charge on any atom is 0.229 e. The Labute approximate surface area is 237 Å². The summed E-state index contributed by atoms with van der Waals surface area (Å²) in [6.07, 6.45) is 3.73. The van der Waals surface area contributed by atoms with Crippen molar-refractivity contribution in [3.05, 3.63) is 58.7 Å². The van der Waals surface area contributed by atoms with Gasteiger partial charge >= 0.3 is 0 Å². The van der Waals surface area contributed by atoms with Gasteiger partial charge in [-0.2, -0.15) is 4.98 Å². The Balaban J connectivity index is 1.59. The van der Waals surface area contributed by atoms with E-state index in [2.05, 4.69) is 58.4 Å². The van der Waals surface area contributed by atoms with E-state index in [0.717, 1.165) is 31.6 Å². The Morgan fingerprint density at radius 3 is 2.38 bits per heavy atom. The number of nitrogens with one attached hydrogen (secondary N) is 2. The summed E-state index contributed by atoms with van der Waals surface area (Å²) in [4.78, 5) is 11.6. The van der Waals surface area contributed by atoms with Crippen molar-refractivity contribution in [3.63, 3.8) is 0 Å². The molecule has 0 spiro atoms. The second kappa shape index (κ2) is 12.1. The van der Waals surface area contributed by atoms with Crippen molar-refractivity contribution in [2.24, 2.45) is 0 Å². The summed E-state index contributed by atoms with van der Waals surface area (Å²) < 4.78 is 31.5. The molecule has 1 saturated heterocycles. The number of anilines is 4. The van der Waals surface area contributed by atoms with E-state index in [-0.39, 0.29) is 9.92 Å². The van der Waals surface area contributed by atoms with Crippen LogP contribution in [0.3, 0.4) is 0 Å². The molecule has 3 aromatic rings. The third-order valence-corrected chi connectivity index (χ3v) is 9.83. The van der Waals surface area contributed by atoms with E-state index >= 15 is 0 Å². The molecule has 1 aromatic heterocycles. The molecule has 1 fully saturated rings. The first-order chi connectivity index (χ1) is 18.5. The number of hydrogen-bond donors (Lipinski definition) is 2. The van der Waals surface area contributed by atoms with E-state index in [4.69, 9.17) is 16.3 Å². The Kier molecular flexibility index (Phi) is 9.03. The van der Waals surface area contributed by atoms with Crippen molar-refractivity contribution < 1.29 is 13.2 Å². The van der Waals surface area contributed by atoms with Crippen molar-refractivity contribution in [2.45, 2.75) is 69.6 Å². The van der Waals surface area contributed by atoms with E-state index in [0.29, 0.717) is 35.2 Å². The topological polar surface area (TPSA) is 96.5 Å². The number of likely N-dealkylation sites (tertiary alicyclic amines) is 1. The van der Waals surface area contributed by atoms with E-state index in [1.807, 2.05) is 0 Å². The van der Waals surface area contributed by atoms with Gasteiger partial charge in [-0.25, -0.2) is 13.4 Å². The number of halogens is 1. The molecule has 10 heteroatoms. The van der Waals surface area contributed by atoms with Crippen molar-refractivity contribution in [3.8, 4) is 5.75 Å². The quantitative estimate of drug-likeness (QED) is 0.293. The number of aromatic nitrogens is 2. The van der Waals surface area contributed by atoms with Gasteiger partial charge in [0.1, 0.15) is 10.8 Å². The van der Waals surface area contributed by atoms with Gasteiger partial charge in [0, 0.05) is 6.04 Å². The zero-order valence-electron chi connectivity index (χ0n) is 23.5. The molecule has 39 heavy (non-hydrogen) atoms. The molecule has 1 aliphatic heterocycles. The molecule has 4 rings (SSSR count). The molecule has 8 nitrogen and oxygen atoms in total. The molecule has 2 N–H and O–H groups in total. The lowest BCUT2D eigenvalue weighted by Gasteiger charge is -2.35. The smallest absolute Gasteiger partial charge is 0.229 e. The summed E-state index contributed by atoms with van der Waals surface area (Å²) in [7, 11) is -1.86. The maximum atomic E-state index is 12.9. The minimum Gasteiger partial charge on any atom is -0.495 e. The highest BCUT2D eigenvalue weighted by Gasteiger charge is 2.25. The second-order valence-corrected chi connectivity index (χ2v) is 13.4. The molecule has 2 heterocycles. The first kappa shape index (κ1) is 29.1. The number of aryl methyl sites for hydroxylation is 1. The molecule has 0 radical (unpaired) electrons. The first-order valence-corrected chi connectivity index (χ1v) is 15.3. The zero-order chi connectivity index (χ0) is 28.3. The predicted octanol–water partition coefficient (Wildman–Crippen LogP) is 6.70. The highest BCUT2D eigenvalue weighted by atomic mass is 35.5. The van der Waals surface area contributed by atoms with Crippen LogP contribution >= 0.6 is 11.6 Å². The Morgan fingerprint density at radius 1 is 1.05 bits per heavy atom. The Hall–Kier alpha value is -2.88. The number of ether oxygens (including phenoxy) is 1. The number of sulfone groups is 1. The lowest BCUT2D eigenvalue weighted by molar-refractivity contribution is 0.171. The van der Waals surface area contributed by atoms with Crippen LogP contribution in [0, 0.1) is 6.92 Å². The molecule has 0 saturated carbocycles. The summed E-state index contributed by atoms with van der Waals surface area (Å²) in [5.74, 6) is 1.81. The van der Waals surface area contributed by atoms with E-state index in [9.17, 15) is 8.42 Å². The summed E-state index contributed by atoms with van der Waals surface area (Å²) in [5, 5.41) is 6.05. The van der Waals surface area contributed by atoms with Crippen LogP contribution in [-0.2, 0) is 9.84 Å². The van der Waals surface area contributed by atoms with Gasteiger partial charge < -0.3 is 20.3 Å². The number of para-hydroxylation sites is 1. The molecule has 210 valence electrons. The maximum absolute atomic E-state index is 12.9. The van der Waals surface area contributed by atoms with E-state index in [1.54, 1.807) is 45.2 Å². The monoisotopic (exact) mass is 571 g/mol. The van der Waals surface area contributed by atoms with Gasteiger partial charge in [-0.05, 0) is 102 Å². The van der Waals surface area contributed by atoms with Gasteiger partial charge in [0.15, 0.2) is 15.7 Å². The van der Waals surface area contributed by atoms with Crippen LogP contribution in [0.1, 0.15) is 57.6 Å². The average molecular weight is 572 g/mol. The molecule has 2 aromatic carbocycles. The number of hydrogen-bond acceptors (Lipinski definition) is 8. The fourth-order valence-corrected chi connectivity index (χ4v) is 6.31. The van der Waals surface area contributed by atoms with Gasteiger partial charge in [-0.3, -0.25) is 0 Å². The SMILES string of the molecule is COc1cc(C2CCN(C(C)C)CC2)c(C)cc1Nc1ncc(Cl)c(Nc2ccccc2S(=O)(=O)C(C)C)n1. The van der Waals surface area contributed by atoms with Crippen LogP contribution in [0.2, 0.25) is 5.02 Å². The van der Waals surface area contributed by atoms with Gasteiger partial charge in [-0.1, -0.05) is 23.7 Å². The van der Waals surface area contributed by atoms with Crippen LogP contribution in [0.15, 0.2) is 47.5 Å². The molecule has 0 aliphatic carbocycles. The third-order valence-electron chi connectivity index (χ3n) is 7.35. The molecular formula is C29H38ClN5O3S. The lowest BCUT2D eigenvalue weighted by Crippen LogP contribution is -2.37. The number of methoxy groups -OCH3 is 1. The van der Waals surface area contributed by atoms with Crippen molar-refractivity contribution in [1.82, 2.24) is 14.9 Å². The fourth-order valence-electron chi connectivity index (χ4n) is 4.97. The molecular weight excluding hydrogens is 534 g/mol. The number of rotatable bonds is 9. The number of nitrogens with zero attached hydrogens (tertiary/aromatic N) is 3.